The molecule has 4 N–H and O–H groups in total. The highest BCUT2D eigenvalue weighted by Crippen LogP contribution is 2.39. The summed E-state index contributed by atoms with van der Waals surface area (Å²) in [6, 6.07) is 92.5. The van der Waals surface area contributed by atoms with Gasteiger partial charge in [-0.1, -0.05) is 199 Å². The first kappa shape index (κ1) is 92.4. The van der Waals surface area contributed by atoms with Crippen molar-refractivity contribution in [2.75, 3.05) is 31.9 Å². The van der Waals surface area contributed by atoms with E-state index in [1.54, 1.807) is 79.3 Å². The van der Waals surface area contributed by atoms with E-state index in [0.717, 1.165) is 121 Å². The number of benzene rings is 9. The van der Waals surface area contributed by atoms with Crippen LogP contribution in [0.25, 0.3) is 102 Å². The molecule has 41 heteroatoms. The number of fused-ring (bicyclic) bond motifs is 6. The van der Waals surface area contributed by atoms with E-state index in [-0.39, 0.29) is 6.61 Å². The van der Waals surface area contributed by atoms with Gasteiger partial charge >= 0.3 is 12.4 Å². The van der Waals surface area contributed by atoms with Crippen LogP contribution in [0.15, 0.2) is 339 Å². The number of anilines is 1. The molecule has 0 spiro atoms. The minimum absolute atomic E-state index is 0.137. The van der Waals surface area contributed by atoms with Crippen LogP contribution in [0.3, 0.4) is 0 Å². The fourth-order valence-electron chi connectivity index (χ4n) is 13.3. The number of methoxy groups -OCH3 is 2. The lowest BCUT2D eigenvalue weighted by Gasteiger charge is -2.09. The van der Waals surface area contributed by atoms with Gasteiger partial charge in [0, 0.05) is 56.1 Å². The van der Waals surface area contributed by atoms with Gasteiger partial charge in [-0.25, -0.2) is 4.99 Å². The maximum absolute atomic E-state index is 12.9. The van der Waals surface area contributed by atoms with E-state index in [9.17, 15) is 26.3 Å². The number of halogens is 6. The summed E-state index contributed by atoms with van der Waals surface area (Å²) in [6.45, 7) is 4.27. The zero-order valence-corrected chi connectivity index (χ0v) is 75.2. The van der Waals surface area contributed by atoms with E-state index >= 15 is 0 Å². The molecule has 1 aliphatic carbocycles. The number of ether oxygens (including phenoxy) is 3. The Morgan fingerprint density at radius 3 is 1.26 bits per heavy atom. The van der Waals surface area contributed by atoms with Gasteiger partial charge in [-0.3, -0.25) is 10.7 Å². The average molecular weight is 1900 g/mol. The summed E-state index contributed by atoms with van der Waals surface area (Å²) in [5.74, 6) is 8.32. The Labute approximate surface area is 787 Å². The Morgan fingerprint density at radius 1 is 0.387 bits per heavy atom. The van der Waals surface area contributed by atoms with Crippen LogP contribution < -0.4 is 25.0 Å². The Balaban J connectivity index is 0.000000114. The van der Waals surface area contributed by atoms with Gasteiger partial charge < -0.3 is 24.6 Å². The van der Waals surface area contributed by atoms with E-state index in [2.05, 4.69) is 111 Å². The highest BCUT2D eigenvalue weighted by Gasteiger charge is 2.32. The number of aryl methyl sites for hydroxylation is 2. The highest BCUT2D eigenvalue weighted by molar-refractivity contribution is 7.99. The molecule has 137 heavy (non-hydrogen) atoms. The van der Waals surface area contributed by atoms with Crippen LogP contribution in [0.2, 0.25) is 0 Å². The lowest BCUT2D eigenvalue weighted by Crippen LogP contribution is -2.06. The third-order valence-corrected chi connectivity index (χ3v) is 23.1. The lowest BCUT2D eigenvalue weighted by molar-refractivity contribution is -0.138. The van der Waals surface area contributed by atoms with Crippen molar-refractivity contribution in [2.45, 2.75) is 70.0 Å². The van der Waals surface area contributed by atoms with Gasteiger partial charge in [-0.15, -0.1) is 88.2 Å². The maximum Gasteiger partial charge on any atom is 0.416 e. The number of aliphatic hydroxyl groups excluding tert-OH is 1. The molecule has 686 valence electrons. The van der Waals surface area contributed by atoms with Crippen molar-refractivity contribution >= 4 is 87.1 Å². The minimum Gasteiger partial charge on any atom is -0.497 e. The second-order valence-electron chi connectivity index (χ2n) is 29.7. The van der Waals surface area contributed by atoms with Crippen molar-refractivity contribution in [1.29, 1.82) is 0 Å². The Kier molecular flexibility index (Phi) is 28.7. The first-order chi connectivity index (χ1) is 66.8. The van der Waals surface area contributed by atoms with Crippen LogP contribution in [0, 0.1) is 13.8 Å². The number of thioether (sulfide) groups is 1. The van der Waals surface area contributed by atoms with Gasteiger partial charge in [-0.05, 0) is 165 Å². The van der Waals surface area contributed by atoms with Crippen LogP contribution in [-0.2, 0) is 12.4 Å². The zero-order valence-electron chi connectivity index (χ0n) is 72.7. The number of hydrogen-bond donors (Lipinski definition) is 4. The van der Waals surface area contributed by atoms with Gasteiger partial charge in [0.05, 0.1) is 36.8 Å². The monoisotopic (exact) mass is 1900 g/mol. The summed E-state index contributed by atoms with van der Waals surface area (Å²) in [7, 11) is 3.29. The second kappa shape index (κ2) is 42.6. The SMILES string of the molecule is COc1ccc(OC)c(Sc2ccc3nnc(-c4ccccc4)n3n2)c1.Cc1ccc(Oc2ccc3nnc(-c4ccccc4)n3n2)cc1C.FC(F)(F)c1ccc(-c2nnc3ccc(NC4CC4)nn23)cc1.FC(F)(F)c1cccc(Sc2ccc3nnc(-c4ccccc4)n3n2)c1.OCCSc1ccc2nnc(-c3ccccc3)n2n1.ONC=Nc1ccc2nnc(-c3ccccc3)n2n1. The third-order valence-electron chi connectivity index (χ3n) is 20.3. The molecule has 1 aliphatic rings. The largest absolute Gasteiger partial charge is 0.497 e. The number of rotatable bonds is 21. The zero-order chi connectivity index (χ0) is 94.8. The number of aliphatic hydroxyl groups is 1. The molecule has 12 heterocycles. The van der Waals surface area contributed by atoms with Gasteiger partial charge in [0.15, 0.2) is 74.6 Å². The summed E-state index contributed by atoms with van der Waals surface area (Å²) >= 11 is 4.16. The molecule has 1 saturated carbocycles. The lowest BCUT2D eigenvalue weighted by atomic mass is 10.1. The van der Waals surface area contributed by atoms with E-state index in [1.807, 2.05) is 230 Å². The summed E-state index contributed by atoms with van der Waals surface area (Å²) in [5, 5.41) is 99.3. The molecule has 9 aromatic carbocycles. The molecule has 0 radical (unpaired) electrons. The first-order valence-electron chi connectivity index (χ1n) is 42.0. The van der Waals surface area contributed by atoms with Crippen molar-refractivity contribution in [3.63, 3.8) is 0 Å². The number of nitrogens with one attached hydrogen (secondary N) is 2. The quantitative estimate of drug-likeness (QED) is 0.0171. The van der Waals surface area contributed by atoms with Crippen molar-refractivity contribution in [1.82, 2.24) is 124 Å². The van der Waals surface area contributed by atoms with Gasteiger partial charge in [0.25, 0.3) is 0 Å². The number of hydrogen-bond acceptors (Lipinski definition) is 28. The third kappa shape index (κ3) is 22.9. The van der Waals surface area contributed by atoms with Gasteiger partial charge in [-0.2, -0.15) is 68.7 Å². The molecule has 22 rings (SSSR count). The summed E-state index contributed by atoms with van der Waals surface area (Å²) in [5.41, 5.74) is 11.9. The minimum atomic E-state index is -4.37. The molecular weight excluding hydrogens is 1820 g/mol. The van der Waals surface area contributed by atoms with Crippen LogP contribution in [0.5, 0.6) is 23.1 Å². The van der Waals surface area contributed by atoms with E-state index in [4.69, 9.17) is 29.6 Å². The summed E-state index contributed by atoms with van der Waals surface area (Å²) in [4.78, 5) is 5.30. The molecule has 12 aromatic heterocycles. The highest BCUT2D eigenvalue weighted by atomic mass is 32.2. The molecule has 21 aromatic rings. The number of nitrogens with zero attached hydrogens (tertiary/aromatic N) is 25. The van der Waals surface area contributed by atoms with Crippen LogP contribution >= 0.6 is 35.3 Å². The van der Waals surface area contributed by atoms with Crippen molar-refractivity contribution in [3.8, 4) is 91.5 Å². The topological polar surface area (TPSA) is 363 Å². The fourth-order valence-corrected chi connectivity index (χ4v) is 15.6. The molecule has 0 aliphatic heterocycles. The summed E-state index contributed by atoms with van der Waals surface area (Å²) < 4.78 is 103. The van der Waals surface area contributed by atoms with Crippen LogP contribution in [-0.4, -0.2) is 168 Å². The Hall–Kier alpha value is -16.5. The van der Waals surface area contributed by atoms with Crippen LogP contribution in [0.1, 0.15) is 35.1 Å². The number of aliphatic imine (C=N–C) groups is 1. The summed E-state index contributed by atoms with van der Waals surface area (Å²) in [6.07, 6.45) is -5.35. The fraction of sp³-hybridized carbons (Fsp3) is 0.115. The predicted octanol–water partition coefficient (Wildman–Crippen LogP) is 19.8. The van der Waals surface area contributed by atoms with Crippen molar-refractivity contribution in [2.24, 2.45) is 4.99 Å². The molecular formula is C96H77F6N27O5S3. The molecule has 0 atom stereocenters. The average Bonchev–Trinajstić information content (AvgIpc) is 1.58. The number of aromatic nitrogens is 24. The second-order valence-corrected chi connectivity index (χ2v) is 33.0. The maximum atomic E-state index is 12.9. The van der Waals surface area contributed by atoms with Crippen LogP contribution in [0.4, 0.5) is 38.0 Å². The molecule has 0 amide bonds. The Morgan fingerprint density at radius 2 is 0.810 bits per heavy atom. The normalized spacial score (nSPS) is 11.8. The van der Waals surface area contributed by atoms with Gasteiger partial charge in [0.1, 0.15) is 44.5 Å². The predicted molar refractivity (Wildman–Crippen MR) is 505 cm³/mol. The molecule has 0 bridgehead atoms. The molecule has 32 nitrogen and oxygen atoms in total. The number of hydroxylamine groups is 1. The molecule has 0 unspecified atom stereocenters. The smallest absolute Gasteiger partial charge is 0.416 e. The van der Waals surface area contributed by atoms with Crippen molar-refractivity contribution < 1.29 is 50.9 Å². The van der Waals surface area contributed by atoms with E-state index in [0.29, 0.717) is 108 Å². The molecule has 0 saturated heterocycles. The number of alkyl halides is 6. The first-order valence-corrected chi connectivity index (χ1v) is 44.6. The van der Waals surface area contributed by atoms with Crippen molar-refractivity contribution in [3.05, 3.63) is 332 Å². The standard InChI is InChI=1S/C19H16N4O2S.C19H16N4O.C18H11F3N4S.C15H12F3N5.C13H12N4OS.C12H10N6O/c1-24-14-8-9-15(25-2)16(12-14)26-18-11-10-17-20-21-19(23(17)22-18)13-6-4-3-5-7-13;1-13-8-9-16(12-14(13)2)24-18-11-10-17-20-21-19(23(17)22-18)15-6-4-3-5-7-15;19-18(20,21)13-7-4-8-14(11-13)26-16-10-9-15-22-23-17(25(15)24-16)12-5-2-1-3-6-12;16-15(17,18)10-3-1-9(2-4-10)14-21-20-13-8-7-12(22-23(13)14)19-11-5-6-11;18-8-9-19-12-7-6-11-14-15-13(17(11)16-12)10-4-2-1-3-5-10;19-14-8-13-10-6-7-11-15-16-12(18(11)17-10)9-4-2-1-3-5-9/h3-12H,1-2H3;3-12H,1-2H3;1-11H;1-4,7-8,11H,5-6H2,(H,19,22);1-7,18H,8-9H2;1-8,19H,(H,13,14,17). The van der Waals surface area contributed by atoms with Gasteiger partial charge in [0.2, 0.25) is 5.88 Å². The van der Waals surface area contributed by atoms with E-state index < -0.39 is 23.5 Å². The van der Waals surface area contributed by atoms with E-state index in [1.165, 1.54) is 57.4 Å². The Bertz CT molecular complexity index is 7720. The molecule has 1 fully saturated rings.